The first kappa shape index (κ1) is 20.3. The van der Waals surface area contributed by atoms with Crippen molar-refractivity contribution in [2.75, 3.05) is 0 Å². The molecule has 1 aromatic carbocycles. The molecule has 2 aliphatic rings. The predicted molar refractivity (Wildman–Crippen MR) is 102 cm³/mol. The van der Waals surface area contributed by atoms with Crippen LogP contribution in [0.15, 0.2) is 24.3 Å². The molecule has 0 aliphatic heterocycles. The average Bonchev–Trinajstić information content (AvgIpc) is 3.20. The summed E-state index contributed by atoms with van der Waals surface area (Å²) < 4.78 is 19.9. The lowest BCUT2D eigenvalue weighted by molar-refractivity contribution is -0.161. The molecule has 2 fully saturated rings. The van der Waals surface area contributed by atoms with Crippen molar-refractivity contribution in [3.05, 3.63) is 35.6 Å². The summed E-state index contributed by atoms with van der Waals surface area (Å²) in [5.41, 5.74) is -1.59. The van der Waals surface area contributed by atoms with E-state index in [2.05, 4.69) is 11.4 Å². The number of hydrogen-bond acceptors (Lipinski definition) is 4. The maximum atomic E-state index is 14.4. The van der Waals surface area contributed by atoms with E-state index in [1.807, 2.05) is 0 Å². The Morgan fingerprint density at radius 1 is 1.11 bits per heavy atom. The van der Waals surface area contributed by atoms with E-state index in [1.54, 1.807) is 18.2 Å². The molecule has 0 bridgehead atoms. The summed E-state index contributed by atoms with van der Waals surface area (Å²) in [7, 11) is 0. The third-order valence-electron chi connectivity index (χ3n) is 6.17. The van der Waals surface area contributed by atoms with Gasteiger partial charge in [0, 0.05) is 5.56 Å². The molecular formula is C22H27FN2O3. The second-order valence-electron chi connectivity index (χ2n) is 8.06. The summed E-state index contributed by atoms with van der Waals surface area (Å²) in [6.07, 6.45) is 5.62. The number of hydrogen-bond donors (Lipinski definition) is 1. The van der Waals surface area contributed by atoms with E-state index in [1.165, 1.54) is 13.0 Å². The van der Waals surface area contributed by atoms with E-state index in [0.717, 1.165) is 32.1 Å². The van der Waals surface area contributed by atoms with E-state index in [-0.39, 0.29) is 0 Å². The van der Waals surface area contributed by atoms with Crippen LogP contribution in [0.25, 0.3) is 0 Å². The van der Waals surface area contributed by atoms with Crippen molar-refractivity contribution in [3.63, 3.8) is 0 Å². The predicted octanol–water partition coefficient (Wildman–Crippen LogP) is 3.91. The fourth-order valence-corrected chi connectivity index (χ4v) is 4.50. The third-order valence-corrected chi connectivity index (χ3v) is 6.17. The summed E-state index contributed by atoms with van der Waals surface area (Å²) in [6, 6.07) is 8.50. The van der Waals surface area contributed by atoms with Gasteiger partial charge in [-0.05, 0) is 38.7 Å². The van der Waals surface area contributed by atoms with Crippen LogP contribution in [0.5, 0.6) is 0 Å². The van der Waals surface area contributed by atoms with Gasteiger partial charge in [0.15, 0.2) is 6.10 Å². The van der Waals surface area contributed by atoms with Crippen LogP contribution in [-0.4, -0.2) is 23.5 Å². The number of carbonyl (C=O) groups excluding carboxylic acids is 2. The maximum absolute atomic E-state index is 14.4. The highest BCUT2D eigenvalue weighted by atomic mass is 19.1. The van der Waals surface area contributed by atoms with Crippen molar-refractivity contribution in [2.45, 2.75) is 81.8 Å². The van der Waals surface area contributed by atoms with Crippen LogP contribution in [0.3, 0.4) is 0 Å². The molecule has 1 atom stereocenters. The number of carbonyl (C=O) groups is 2. The first-order chi connectivity index (χ1) is 13.4. The van der Waals surface area contributed by atoms with Gasteiger partial charge in [-0.1, -0.05) is 50.3 Å². The number of nitrogens with one attached hydrogen (secondary N) is 1. The molecule has 0 radical (unpaired) electrons. The van der Waals surface area contributed by atoms with Crippen LogP contribution in [0.2, 0.25) is 0 Å². The monoisotopic (exact) mass is 386 g/mol. The molecule has 1 amide bonds. The first-order valence-electron chi connectivity index (χ1n) is 10.1. The number of benzene rings is 1. The Labute approximate surface area is 165 Å². The van der Waals surface area contributed by atoms with Crippen molar-refractivity contribution in [1.29, 1.82) is 5.26 Å². The zero-order valence-corrected chi connectivity index (χ0v) is 16.3. The maximum Gasteiger partial charge on any atom is 0.317 e. The summed E-state index contributed by atoms with van der Waals surface area (Å²) in [5, 5.41) is 12.3. The minimum absolute atomic E-state index is 0.339. The summed E-state index contributed by atoms with van der Waals surface area (Å²) >= 11 is 0. The van der Waals surface area contributed by atoms with Crippen LogP contribution in [0, 0.1) is 17.1 Å². The lowest BCUT2D eigenvalue weighted by Crippen LogP contribution is -2.52. The van der Waals surface area contributed by atoms with Gasteiger partial charge in [0.1, 0.15) is 11.4 Å². The Bertz CT molecular complexity index is 774. The van der Waals surface area contributed by atoms with E-state index in [9.17, 15) is 19.2 Å². The smallest absolute Gasteiger partial charge is 0.317 e. The second-order valence-corrected chi connectivity index (χ2v) is 8.06. The minimum Gasteiger partial charge on any atom is -0.452 e. The zero-order valence-electron chi connectivity index (χ0n) is 16.3. The molecule has 2 aliphatic carbocycles. The molecule has 6 heteroatoms. The Morgan fingerprint density at radius 3 is 2.32 bits per heavy atom. The van der Waals surface area contributed by atoms with E-state index in [4.69, 9.17) is 4.74 Å². The Morgan fingerprint density at radius 2 is 1.71 bits per heavy atom. The van der Waals surface area contributed by atoms with Crippen molar-refractivity contribution in [2.24, 2.45) is 0 Å². The molecule has 0 unspecified atom stereocenters. The normalized spacial score (nSPS) is 21.3. The largest absolute Gasteiger partial charge is 0.452 e. The molecule has 1 aromatic rings. The van der Waals surface area contributed by atoms with Gasteiger partial charge in [0.2, 0.25) is 0 Å². The van der Waals surface area contributed by atoms with E-state index >= 15 is 0 Å². The molecule has 0 spiro atoms. The molecule has 5 nitrogen and oxygen atoms in total. The zero-order chi connectivity index (χ0) is 20.2. The van der Waals surface area contributed by atoms with Gasteiger partial charge in [0.25, 0.3) is 5.91 Å². The lowest BCUT2D eigenvalue weighted by Gasteiger charge is -2.33. The lowest BCUT2D eigenvalue weighted by atomic mass is 9.78. The van der Waals surface area contributed by atoms with Crippen LogP contribution in [-0.2, 0) is 19.7 Å². The number of nitrogens with zero attached hydrogens (tertiary/aromatic N) is 1. The number of rotatable bonds is 5. The number of halogens is 1. The fraction of sp³-hybridized carbons (Fsp3) is 0.591. The number of esters is 1. The Kier molecular flexibility index (Phi) is 6.02. The van der Waals surface area contributed by atoms with Gasteiger partial charge < -0.3 is 10.1 Å². The molecule has 2 saturated carbocycles. The molecule has 150 valence electrons. The SMILES string of the molecule is C[C@H](OC(=O)C1(c2ccccc2F)CCCC1)C(=O)NC1(C#N)CCCCC1. The van der Waals surface area contributed by atoms with E-state index < -0.39 is 34.8 Å². The molecule has 1 N–H and O–H groups in total. The number of amides is 1. The van der Waals surface area contributed by atoms with Crippen molar-refractivity contribution < 1.29 is 18.7 Å². The van der Waals surface area contributed by atoms with Crippen LogP contribution >= 0.6 is 0 Å². The van der Waals surface area contributed by atoms with Crippen molar-refractivity contribution in [3.8, 4) is 6.07 Å². The molecule has 0 heterocycles. The van der Waals surface area contributed by atoms with Gasteiger partial charge in [-0.3, -0.25) is 9.59 Å². The van der Waals surface area contributed by atoms with Crippen molar-refractivity contribution >= 4 is 11.9 Å². The van der Waals surface area contributed by atoms with Gasteiger partial charge in [-0.25, -0.2) is 4.39 Å². The van der Waals surface area contributed by atoms with Gasteiger partial charge in [-0.15, -0.1) is 0 Å². The van der Waals surface area contributed by atoms with Crippen LogP contribution in [0.1, 0.15) is 70.3 Å². The molecule has 28 heavy (non-hydrogen) atoms. The Balaban J connectivity index is 1.72. The molecule has 3 rings (SSSR count). The van der Waals surface area contributed by atoms with Crippen LogP contribution in [0.4, 0.5) is 4.39 Å². The average molecular weight is 386 g/mol. The minimum atomic E-state index is -1.04. The van der Waals surface area contributed by atoms with Crippen molar-refractivity contribution in [1.82, 2.24) is 5.32 Å². The summed E-state index contributed by atoms with van der Waals surface area (Å²) in [4.78, 5) is 25.7. The highest BCUT2D eigenvalue weighted by Crippen LogP contribution is 2.43. The van der Waals surface area contributed by atoms with Gasteiger partial charge in [0.05, 0.1) is 11.5 Å². The van der Waals surface area contributed by atoms with Gasteiger partial charge in [-0.2, -0.15) is 5.26 Å². The first-order valence-corrected chi connectivity index (χ1v) is 10.1. The summed E-state index contributed by atoms with van der Waals surface area (Å²) in [6.45, 7) is 1.51. The molecule has 0 aromatic heterocycles. The highest BCUT2D eigenvalue weighted by Gasteiger charge is 2.47. The quantitative estimate of drug-likeness (QED) is 0.778. The van der Waals surface area contributed by atoms with E-state index in [0.29, 0.717) is 31.2 Å². The van der Waals surface area contributed by atoms with Crippen LogP contribution < -0.4 is 5.32 Å². The number of ether oxygens (including phenoxy) is 1. The second kappa shape index (κ2) is 8.30. The fourth-order valence-electron chi connectivity index (χ4n) is 4.50. The Hall–Kier alpha value is -2.42. The molecular weight excluding hydrogens is 359 g/mol. The van der Waals surface area contributed by atoms with Gasteiger partial charge >= 0.3 is 5.97 Å². The highest BCUT2D eigenvalue weighted by molar-refractivity contribution is 5.88. The number of nitriles is 1. The summed E-state index contributed by atoms with van der Waals surface area (Å²) in [5.74, 6) is -1.46. The third kappa shape index (κ3) is 3.89. The standard InChI is InChI=1S/C22H27FN2O3/c1-16(19(26)25-21(15-24)11-5-2-6-12-21)28-20(27)22(13-7-8-14-22)17-9-3-4-10-18(17)23/h3-4,9-10,16H,2,5-8,11-14H2,1H3,(H,25,26)/t16-/m0/s1. The topological polar surface area (TPSA) is 79.2 Å². The molecule has 0 saturated heterocycles.